The molecule has 32 heavy (non-hydrogen) atoms. The summed E-state index contributed by atoms with van der Waals surface area (Å²) in [6.07, 6.45) is 19.6. The van der Waals surface area contributed by atoms with E-state index in [-0.39, 0.29) is 0 Å². The minimum atomic E-state index is 0.513. The zero-order valence-electron chi connectivity index (χ0n) is 21.3. The van der Waals surface area contributed by atoms with Crippen molar-refractivity contribution >= 4 is 5.95 Å². The second kappa shape index (κ2) is 15.0. The lowest BCUT2D eigenvalue weighted by Gasteiger charge is -2.15. The van der Waals surface area contributed by atoms with Crippen LogP contribution in [0.3, 0.4) is 0 Å². The van der Waals surface area contributed by atoms with Crippen LogP contribution in [0.5, 0.6) is 0 Å². The van der Waals surface area contributed by atoms with E-state index in [0.717, 1.165) is 25.0 Å². The maximum absolute atomic E-state index is 4.83. The second-order valence-electron chi connectivity index (χ2n) is 9.04. The highest BCUT2D eigenvalue weighted by molar-refractivity contribution is 5.38. The first-order valence-corrected chi connectivity index (χ1v) is 13.0. The summed E-state index contributed by atoms with van der Waals surface area (Å²) in [6, 6.07) is 2.14. The van der Waals surface area contributed by atoms with Crippen molar-refractivity contribution in [2.45, 2.75) is 98.3 Å². The Bertz CT molecular complexity index is 757. The molecule has 0 amide bonds. The lowest BCUT2D eigenvalue weighted by molar-refractivity contribution is 0.330. The number of unbranched alkanes of at least 4 members (excludes halogenated alkanes) is 1. The van der Waals surface area contributed by atoms with Crippen molar-refractivity contribution in [2.24, 2.45) is 0 Å². The molecular weight excluding hydrogens is 392 g/mol. The number of likely N-dealkylation sites (tertiary alicyclic amines) is 1. The van der Waals surface area contributed by atoms with Gasteiger partial charge in [0.2, 0.25) is 5.95 Å². The minimum absolute atomic E-state index is 0.513. The summed E-state index contributed by atoms with van der Waals surface area (Å²) >= 11 is 0. The number of hydrogen-bond donors (Lipinski definition) is 1. The Balaban J connectivity index is 2.05. The van der Waals surface area contributed by atoms with E-state index in [1.807, 2.05) is 6.20 Å². The van der Waals surface area contributed by atoms with Gasteiger partial charge in [0.1, 0.15) is 0 Å². The van der Waals surface area contributed by atoms with Crippen LogP contribution in [-0.4, -0.2) is 34.5 Å². The van der Waals surface area contributed by atoms with Gasteiger partial charge in [-0.2, -0.15) is 0 Å². The predicted molar refractivity (Wildman–Crippen MR) is 139 cm³/mol. The normalized spacial score (nSPS) is 16.8. The quantitative estimate of drug-likeness (QED) is 0.240. The number of anilines is 1. The van der Waals surface area contributed by atoms with Gasteiger partial charge in [-0.15, -0.1) is 0 Å². The molecule has 0 saturated carbocycles. The van der Waals surface area contributed by atoms with Gasteiger partial charge in [0, 0.05) is 23.5 Å². The number of nitrogens with zero attached hydrogens (tertiary/aromatic N) is 3. The maximum Gasteiger partial charge on any atom is 0.227 e. The van der Waals surface area contributed by atoms with Crippen LogP contribution in [0.1, 0.15) is 103 Å². The van der Waals surface area contributed by atoms with Gasteiger partial charge in [-0.25, -0.2) is 9.97 Å². The van der Waals surface area contributed by atoms with E-state index in [2.05, 4.69) is 74.1 Å². The summed E-state index contributed by atoms with van der Waals surface area (Å²) in [7, 11) is 0. The third-order valence-electron chi connectivity index (χ3n) is 6.45. The zero-order valence-corrected chi connectivity index (χ0v) is 21.3. The topological polar surface area (TPSA) is 41.1 Å². The molecule has 0 aromatic carbocycles. The predicted octanol–water partition coefficient (Wildman–Crippen LogP) is 7.55. The van der Waals surface area contributed by atoms with Crippen LogP contribution in [0.2, 0.25) is 0 Å². The van der Waals surface area contributed by atoms with Gasteiger partial charge in [-0.3, -0.25) is 0 Å². The molecule has 2 heterocycles. The lowest BCUT2D eigenvalue weighted by atomic mass is 9.96. The number of aromatic nitrogens is 2. The summed E-state index contributed by atoms with van der Waals surface area (Å²) in [5.74, 6) is 1.22. The Labute approximate surface area is 197 Å². The molecule has 1 fully saturated rings. The van der Waals surface area contributed by atoms with E-state index in [9.17, 15) is 0 Å². The third-order valence-corrected chi connectivity index (χ3v) is 6.45. The summed E-state index contributed by atoms with van der Waals surface area (Å²) in [6.45, 7) is 14.7. The highest BCUT2D eigenvalue weighted by atomic mass is 15.1. The van der Waals surface area contributed by atoms with Crippen molar-refractivity contribution in [3.8, 4) is 0 Å². The van der Waals surface area contributed by atoms with E-state index in [0.29, 0.717) is 11.9 Å². The Kier molecular flexibility index (Phi) is 12.3. The molecule has 0 aliphatic carbocycles. The molecule has 1 aromatic heterocycles. The first kappa shape index (κ1) is 26.3. The van der Waals surface area contributed by atoms with Crippen molar-refractivity contribution in [3.63, 3.8) is 0 Å². The molecule has 0 bridgehead atoms. The largest absolute Gasteiger partial charge is 0.331 e. The van der Waals surface area contributed by atoms with Crippen LogP contribution in [0.25, 0.3) is 0 Å². The molecule has 4 nitrogen and oxygen atoms in total. The number of hydrogen-bond acceptors (Lipinski definition) is 4. The Morgan fingerprint density at radius 1 is 1.09 bits per heavy atom. The molecule has 4 heteroatoms. The fourth-order valence-electron chi connectivity index (χ4n) is 4.65. The van der Waals surface area contributed by atoms with Crippen molar-refractivity contribution in [2.75, 3.05) is 25.0 Å². The van der Waals surface area contributed by atoms with Crippen molar-refractivity contribution < 1.29 is 0 Å². The second-order valence-corrected chi connectivity index (χ2v) is 9.04. The summed E-state index contributed by atoms with van der Waals surface area (Å²) in [5.41, 5.74) is 5.04. The maximum atomic E-state index is 4.83. The van der Waals surface area contributed by atoms with E-state index in [1.54, 1.807) is 0 Å². The number of nitrogens with one attached hydrogen (secondary N) is 1. The molecule has 1 unspecified atom stereocenters. The van der Waals surface area contributed by atoms with Crippen LogP contribution in [-0.2, 0) is 0 Å². The molecule has 1 N–H and O–H groups in total. The van der Waals surface area contributed by atoms with Crippen molar-refractivity contribution in [1.29, 1.82) is 0 Å². The Morgan fingerprint density at radius 3 is 2.53 bits per heavy atom. The zero-order chi connectivity index (χ0) is 23.2. The van der Waals surface area contributed by atoms with Gasteiger partial charge in [0.25, 0.3) is 0 Å². The standard InChI is InChI=1S/C28H46N4/c1-6-14-24(8-3)26(16-10-11-19-32-20-12-13-21-32)17-18-29-28-30-23(5)22-27(31-28)25(9-4)15-7-2/h6,14,17-18,22,25H,7-13,15-16,19-21H2,1-5H3,(H,29,30,31)/b14-6-,18-17+,26-24-. The molecule has 1 atom stereocenters. The summed E-state index contributed by atoms with van der Waals surface area (Å²) in [4.78, 5) is 12.1. The van der Waals surface area contributed by atoms with Gasteiger partial charge >= 0.3 is 0 Å². The number of allylic oxidation sites excluding steroid dienone is 5. The molecule has 0 radical (unpaired) electrons. The van der Waals surface area contributed by atoms with E-state index < -0.39 is 0 Å². The highest BCUT2D eigenvalue weighted by Gasteiger charge is 2.12. The molecule has 1 aliphatic rings. The van der Waals surface area contributed by atoms with Gasteiger partial charge < -0.3 is 10.2 Å². The lowest BCUT2D eigenvalue weighted by Crippen LogP contribution is -2.20. The number of aryl methyl sites for hydroxylation is 1. The van der Waals surface area contributed by atoms with Gasteiger partial charge in [0.15, 0.2) is 0 Å². The monoisotopic (exact) mass is 438 g/mol. The summed E-state index contributed by atoms with van der Waals surface area (Å²) < 4.78 is 0. The molecule has 0 spiro atoms. The Hall–Kier alpha value is -1.94. The van der Waals surface area contributed by atoms with Gasteiger partial charge in [0.05, 0.1) is 0 Å². The fourth-order valence-corrected chi connectivity index (χ4v) is 4.65. The Morgan fingerprint density at radius 2 is 1.88 bits per heavy atom. The third kappa shape index (κ3) is 8.90. The molecule has 1 saturated heterocycles. The first-order chi connectivity index (χ1) is 15.6. The average molecular weight is 439 g/mol. The number of rotatable bonds is 14. The molecule has 1 aromatic rings. The van der Waals surface area contributed by atoms with Gasteiger partial charge in [-0.05, 0) is 108 Å². The molecule has 178 valence electrons. The van der Waals surface area contributed by atoms with Crippen LogP contribution in [0.4, 0.5) is 5.95 Å². The van der Waals surface area contributed by atoms with Crippen LogP contribution in [0, 0.1) is 6.92 Å². The van der Waals surface area contributed by atoms with E-state index >= 15 is 0 Å². The molecular formula is C28H46N4. The minimum Gasteiger partial charge on any atom is -0.331 e. The van der Waals surface area contributed by atoms with Gasteiger partial charge in [-0.1, -0.05) is 39.3 Å². The average Bonchev–Trinajstić information content (AvgIpc) is 3.31. The highest BCUT2D eigenvalue weighted by Crippen LogP contribution is 2.24. The van der Waals surface area contributed by atoms with E-state index in [4.69, 9.17) is 4.98 Å². The summed E-state index contributed by atoms with van der Waals surface area (Å²) in [5, 5.41) is 3.36. The van der Waals surface area contributed by atoms with Crippen LogP contribution in [0.15, 0.2) is 41.6 Å². The first-order valence-electron chi connectivity index (χ1n) is 13.0. The van der Waals surface area contributed by atoms with E-state index in [1.165, 1.54) is 75.0 Å². The van der Waals surface area contributed by atoms with Crippen LogP contribution < -0.4 is 5.32 Å². The van der Waals surface area contributed by atoms with Crippen LogP contribution >= 0.6 is 0 Å². The molecule has 2 rings (SSSR count). The fraction of sp³-hybridized carbons (Fsp3) is 0.643. The smallest absolute Gasteiger partial charge is 0.227 e. The molecule has 1 aliphatic heterocycles. The van der Waals surface area contributed by atoms with Crippen molar-refractivity contribution in [3.05, 3.63) is 53.0 Å². The SMILES string of the molecule is C\C=C/C(CC)=C(\C=C\Nc1nc(C)cc(C(CC)CCC)n1)CCCCN1CCCC1. The van der Waals surface area contributed by atoms with Crippen molar-refractivity contribution in [1.82, 2.24) is 14.9 Å².